The summed E-state index contributed by atoms with van der Waals surface area (Å²) in [6.07, 6.45) is 3.91. The second kappa shape index (κ2) is 7.98. The Kier molecular flexibility index (Phi) is 6.27. The number of nitrogens with zero attached hydrogens (tertiary/aromatic N) is 1. The molecule has 0 aromatic heterocycles. The number of benzene rings is 1. The zero-order valence-electron chi connectivity index (χ0n) is 13.3. The van der Waals surface area contributed by atoms with E-state index in [-0.39, 0.29) is 18.3 Å². The number of nitrogens with one attached hydrogen (secondary N) is 1. The predicted octanol–water partition coefficient (Wildman–Crippen LogP) is 3.09. The first-order valence-electron chi connectivity index (χ1n) is 8.27. The summed E-state index contributed by atoms with van der Waals surface area (Å²) in [4.78, 5) is 15.0. The van der Waals surface area contributed by atoms with Crippen LogP contribution in [0.2, 0.25) is 0 Å². The van der Waals surface area contributed by atoms with Crippen molar-refractivity contribution in [2.24, 2.45) is 17.8 Å². The summed E-state index contributed by atoms with van der Waals surface area (Å²) >= 11 is 0. The van der Waals surface area contributed by atoms with E-state index in [1.807, 2.05) is 6.07 Å². The first-order chi connectivity index (χ1) is 10.2. The van der Waals surface area contributed by atoms with Crippen LogP contribution in [-0.2, 0) is 11.3 Å². The van der Waals surface area contributed by atoms with Gasteiger partial charge in [-0.15, -0.1) is 12.4 Å². The highest BCUT2D eigenvalue weighted by Crippen LogP contribution is 2.29. The van der Waals surface area contributed by atoms with Gasteiger partial charge in [-0.2, -0.15) is 0 Å². The average molecular weight is 323 g/mol. The van der Waals surface area contributed by atoms with Crippen molar-refractivity contribution in [3.8, 4) is 0 Å². The van der Waals surface area contributed by atoms with Gasteiger partial charge in [-0.05, 0) is 43.3 Å². The molecule has 1 saturated heterocycles. The minimum atomic E-state index is 0. The van der Waals surface area contributed by atoms with Gasteiger partial charge in [-0.1, -0.05) is 43.7 Å². The Bertz CT molecular complexity index is 471. The SMILES string of the molecule is CC(C(=O)N(Cc1ccccc1)CC1CCC1)C1CNC1.Cl. The molecule has 2 aliphatic rings. The third kappa shape index (κ3) is 4.02. The monoisotopic (exact) mass is 322 g/mol. The molecule has 1 aliphatic carbocycles. The molecule has 4 heteroatoms. The van der Waals surface area contributed by atoms with Crippen molar-refractivity contribution < 1.29 is 4.79 Å². The fourth-order valence-electron chi connectivity index (χ4n) is 3.18. The van der Waals surface area contributed by atoms with Gasteiger partial charge in [0.25, 0.3) is 0 Å². The molecular formula is C18H27ClN2O. The lowest BCUT2D eigenvalue weighted by Gasteiger charge is -2.38. The molecule has 1 heterocycles. The molecule has 0 radical (unpaired) electrons. The third-order valence-corrected chi connectivity index (χ3v) is 5.14. The zero-order valence-corrected chi connectivity index (χ0v) is 14.1. The Morgan fingerprint density at radius 3 is 2.45 bits per heavy atom. The van der Waals surface area contributed by atoms with Gasteiger partial charge in [0, 0.05) is 19.0 Å². The van der Waals surface area contributed by atoms with Crippen LogP contribution in [0.25, 0.3) is 0 Å². The molecule has 1 N–H and O–H groups in total. The van der Waals surface area contributed by atoms with E-state index in [1.54, 1.807) is 0 Å². The highest BCUT2D eigenvalue weighted by Gasteiger charge is 2.33. The molecule has 3 nitrogen and oxygen atoms in total. The molecule has 2 fully saturated rings. The normalized spacial score (nSPS) is 19.5. The quantitative estimate of drug-likeness (QED) is 0.873. The van der Waals surface area contributed by atoms with Crippen molar-refractivity contribution in [2.75, 3.05) is 19.6 Å². The van der Waals surface area contributed by atoms with Gasteiger partial charge in [-0.25, -0.2) is 0 Å². The topological polar surface area (TPSA) is 32.3 Å². The van der Waals surface area contributed by atoms with E-state index in [1.165, 1.54) is 24.8 Å². The summed E-state index contributed by atoms with van der Waals surface area (Å²) in [6, 6.07) is 10.4. The van der Waals surface area contributed by atoms with Crippen molar-refractivity contribution in [1.82, 2.24) is 10.2 Å². The summed E-state index contributed by atoms with van der Waals surface area (Å²) in [7, 11) is 0. The molecule has 1 atom stereocenters. The van der Waals surface area contributed by atoms with Crippen LogP contribution < -0.4 is 5.32 Å². The van der Waals surface area contributed by atoms with Crippen LogP contribution in [0.4, 0.5) is 0 Å². The van der Waals surface area contributed by atoms with E-state index in [2.05, 4.69) is 41.4 Å². The van der Waals surface area contributed by atoms with Crippen molar-refractivity contribution in [1.29, 1.82) is 0 Å². The Hall–Kier alpha value is -1.06. The van der Waals surface area contributed by atoms with Crippen LogP contribution in [0.3, 0.4) is 0 Å². The molecule has 1 unspecified atom stereocenters. The summed E-state index contributed by atoms with van der Waals surface area (Å²) in [6.45, 7) is 5.80. The smallest absolute Gasteiger partial charge is 0.226 e. The van der Waals surface area contributed by atoms with E-state index >= 15 is 0 Å². The fourth-order valence-corrected chi connectivity index (χ4v) is 3.18. The second-order valence-electron chi connectivity index (χ2n) is 6.71. The second-order valence-corrected chi connectivity index (χ2v) is 6.71. The van der Waals surface area contributed by atoms with Gasteiger partial charge in [0.15, 0.2) is 0 Å². The average Bonchev–Trinajstić information content (AvgIpc) is 2.39. The summed E-state index contributed by atoms with van der Waals surface area (Å²) in [5.74, 6) is 1.74. The summed E-state index contributed by atoms with van der Waals surface area (Å²) in [5.41, 5.74) is 1.24. The highest BCUT2D eigenvalue weighted by atomic mass is 35.5. The van der Waals surface area contributed by atoms with Gasteiger partial charge in [0.05, 0.1) is 0 Å². The number of hydrogen-bond donors (Lipinski definition) is 1. The number of rotatable bonds is 6. The maximum Gasteiger partial charge on any atom is 0.226 e. The maximum atomic E-state index is 12.9. The van der Waals surface area contributed by atoms with E-state index in [0.717, 1.165) is 32.1 Å². The summed E-state index contributed by atoms with van der Waals surface area (Å²) in [5, 5.41) is 3.28. The van der Waals surface area contributed by atoms with Gasteiger partial charge in [0.2, 0.25) is 5.91 Å². The molecular weight excluding hydrogens is 296 g/mol. The Balaban J connectivity index is 0.00000176. The molecule has 0 bridgehead atoms. The van der Waals surface area contributed by atoms with Crippen LogP contribution in [-0.4, -0.2) is 30.4 Å². The molecule has 22 heavy (non-hydrogen) atoms. The molecule has 0 spiro atoms. The summed E-state index contributed by atoms with van der Waals surface area (Å²) < 4.78 is 0. The van der Waals surface area contributed by atoms with Crippen molar-refractivity contribution in [3.05, 3.63) is 35.9 Å². The van der Waals surface area contributed by atoms with E-state index < -0.39 is 0 Å². The third-order valence-electron chi connectivity index (χ3n) is 5.14. The number of carbonyl (C=O) groups excluding carboxylic acids is 1. The first-order valence-corrected chi connectivity index (χ1v) is 8.27. The molecule has 122 valence electrons. The van der Waals surface area contributed by atoms with Crippen LogP contribution in [0, 0.1) is 17.8 Å². The first kappa shape index (κ1) is 17.3. The van der Waals surface area contributed by atoms with Gasteiger partial charge >= 0.3 is 0 Å². The van der Waals surface area contributed by atoms with Gasteiger partial charge < -0.3 is 10.2 Å². The lowest BCUT2D eigenvalue weighted by atomic mass is 9.83. The Morgan fingerprint density at radius 1 is 1.27 bits per heavy atom. The molecule has 1 aromatic rings. The maximum absolute atomic E-state index is 12.9. The van der Waals surface area contributed by atoms with E-state index in [4.69, 9.17) is 0 Å². The Morgan fingerprint density at radius 2 is 1.95 bits per heavy atom. The van der Waals surface area contributed by atoms with Crippen molar-refractivity contribution in [2.45, 2.75) is 32.7 Å². The van der Waals surface area contributed by atoms with Crippen molar-refractivity contribution >= 4 is 18.3 Å². The number of amides is 1. The predicted molar refractivity (Wildman–Crippen MR) is 92.0 cm³/mol. The van der Waals surface area contributed by atoms with E-state index in [9.17, 15) is 4.79 Å². The molecule has 1 aliphatic heterocycles. The standard InChI is InChI=1S/C18H26N2O.ClH/c1-14(17-10-19-11-17)18(21)20(13-16-8-5-9-16)12-15-6-3-2-4-7-15;/h2-4,6-7,14,16-17,19H,5,8-13H2,1H3;1H. The highest BCUT2D eigenvalue weighted by molar-refractivity contribution is 5.85. The minimum Gasteiger partial charge on any atom is -0.338 e. The van der Waals surface area contributed by atoms with Crippen molar-refractivity contribution in [3.63, 3.8) is 0 Å². The zero-order chi connectivity index (χ0) is 14.7. The Labute approximate surface area is 139 Å². The van der Waals surface area contributed by atoms with E-state index in [0.29, 0.717) is 11.8 Å². The van der Waals surface area contributed by atoms with Gasteiger partial charge in [-0.3, -0.25) is 4.79 Å². The van der Waals surface area contributed by atoms with Crippen LogP contribution in [0.1, 0.15) is 31.7 Å². The van der Waals surface area contributed by atoms with Crippen LogP contribution in [0.15, 0.2) is 30.3 Å². The van der Waals surface area contributed by atoms with Crippen LogP contribution >= 0.6 is 12.4 Å². The number of hydrogen-bond acceptors (Lipinski definition) is 2. The molecule has 1 aromatic carbocycles. The molecule has 1 amide bonds. The molecule has 3 rings (SSSR count). The number of carbonyl (C=O) groups is 1. The lowest BCUT2D eigenvalue weighted by molar-refractivity contribution is -0.139. The minimum absolute atomic E-state index is 0. The fraction of sp³-hybridized carbons (Fsp3) is 0.611. The largest absolute Gasteiger partial charge is 0.338 e. The lowest BCUT2D eigenvalue weighted by Crippen LogP contribution is -2.51. The van der Waals surface area contributed by atoms with Gasteiger partial charge in [0.1, 0.15) is 0 Å². The number of halogens is 1. The molecule has 1 saturated carbocycles. The van der Waals surface area contributed by atoms with Crippen LogP contribution in [0.5, 0.6) is 0 Å².